The molecule has 66 valence electrons. The molecule has 1 aliphatic heterocycles. The molecule has 1 heterocycles. The molecule has 1 N–H and O–H groups in total. The van der Waals surface area contributed by atoms with Gasteiger partial charge >= 0.3 is 0 Å². The van der Waals surface area contributed by atoms with Crippen LogP contribution in [-0.2, 0) is 9.47 Å². The lowest BCUT2D eigenvalue weighted by molar-refractivity contribution is -0.0243. The van der Waals surface area contributed by atoms with E-state index in [1.54, 1.807) is 7.11 Å². The molecule has 3 heteroatoms. The number of ether oxygens (including phenoxy) is 2. The van der Waals surface area contributed by atoms with Crippen LogP contribution >= 0.6 is 0 Å². The van der Waals surface area contributed by atoms with Gasteiger partial charge in [0.25, 0.3) is 0 Å². The minimum Gasteiger partial charge on any atom is -0.390 e. The summed E-state index contributed by atoms with van der Waals surface area (Å²) in [4.78, 5) is 0. The van der Waals surface area contributed by atoms with Gasteiger partial charge in [0, 0.05) is 20.3 Å². The molecular weight excluding hydrogens is 144 g/mol. The highest BCUT2D eigenvalue weighted by Gasteiger charge is 2.21. The van der Waals surface area contributed by atoms with E-state index >= 15 is 0 Å². The third-order valence-corrected chi connectivity index (χ3v) is 2.15. The van der Waals surface area contributed by atoms with Crippen LogP contribution in [0.3, 0.4) is 0 Å². The summed E-state index contributed by atoms with van der Waals surface area (Å²) >= 11 is 0. The maximum absolute atomic E-state index is 9.49. The smallest absolute Gasteiger partial charge is 0.0803 e. The van der Waals surface area contributed by atoms with Gasteiger partial charge in [-0.3, -0.25) is 0 Å². The summed E-state index contributed by atoms with van der Waals surface area (Å²) in [5.74, 6) is 0.378. The lowest BCUT2D eigenvalue weighted by Crippen LogP contribution is -2.30. The van der Waals surface area contributed by atoms with E-state index in [-0.39, 0.29) is 6.10 Å². The molecule has 0 aliphatic carbocycles. The predicted octanol–water partition coefficient (Wildman–Crippen LogP) is 0.420. The minimum absolute atomic E-state index is 0.302. The molecule has 0 spiro atoms. The Balaban J connectivity index is 2.21. The van der Waals surface area contributed by atoms with Crippen LogP contribution in [0.25, 0.3) is 0 Å². The molecule has 0 bridgehead atoms. The van der Waals surface area contributed by atoms with Crippen LogP contribution < -0.4 is 0 Å². The van der Waals surface area contributed by atoms with Gasteiger partial charge in [0.1, 0.15) is 0 Å². The van der Waals surface area contributed by atoms with Crippen molar-refractivity contribution >= 4 is 0 Å². The van der Waals surface area contributed by atoms with Gasteiger partial charge in [0.2, 0.25) is 0 Å². The van der Waals surface area contributed by atoms with Crippen molar-refractivity contribution in [1.29, 1.82) is 0 Å². The Morgan fingerprint density at radius 1 is 1.55 bits per heavy atom. The van der Waals surface area contributed by atoms with Gasteiger partial charge < -0.3 is 14.6 Å². The fraction of sp³-hybridized carbons (Fsp3) is 1.00. The Kier molecular flexibility index (Phi) is 3.83. The van der Waals surface area contributed by atoms with E-state index < -0.39 is 0 Å². The lowest BCUT2D eigenvalue weighted by atomic mass is 9.94. The van der Waals surface area contributed by atoms with Crippen molar-refractivity contribution in [2.75, 3.05) is 26.9 Å². The number of rotatable bonds is 3. The average molecular weight is 160 g/mol. The third kappa shape index (κ3) is 2.77. The van der Waals surface area contributed by atoms with Crippen molar-refractivity contribution in [3.05, 3.63) is 0 Å². The van der Waals surface area contributed by atoms with Gasteiger partial charge in [0.15, 0.2) is 0 Å². The first kappa shape index (κ1) is 8.97. The number of hydrogen-bond acceptors (Lipinski definition) is 3. The lowest BCUT2D eigenvalue weighted by Gasteiger charge is -2.25. The monoisotopic (exact) mass is 160 g/mol. The van der Waals surface area contributed by atoms with Gasteiger partial charge in [-0.05, 0) is 18.8 Å². The second-order valence-corrected chi connectivity index (χ2v) is 2.97. The van der Waals surface area contributed by atoms with E-state index in [1.165, 1.54) is 0 Å². The predicted molar refractivity (Wildman–Crippen MR) is 41.4 cm³/mol. The number of methoxy groups -OCH3 is 1. The molecule has 3 nitrogen and oxygen atoms in total. The summed E-state index contributed by atoms with van der Waals surface area (Å²) in [5, 5.41) is 9.49. The van der Waals surface area contributed by atoms with Crippen molar-refractivity contribution in [1.82, 2.24) is 0 Å². The first-order valence-electron chi connectivity index (χ1n) is 4.09. The Bertz CT molecular complexity index is 99.5. The van der Waals surface area contributed by atoms with E-state index in [4.69, 9.17) is 9.47 Å². The summed E-state index contributed by atoms with van der Waals surface area (Å²) in [6.45, 7) is 2.02. The average Bonchev–Trinajstić information content (AvgIpc) is 2.07. The Labute approximate surface area is 67.3 Å². The van der Waals surface area contributed by atoms with Gasteiger partial charge in [-0.25, -0.2) is 0 Å². The number of aliphatic hydroxyl groups is 1. The molecular formula is C8H16O3. The van der Waals surface area contributed by atoms with E-state index in [0.29, 0.717) is 12.5 Å². The topological polar surface area (TPSA) is 38.7 Å². The van der Waals surface area contributed by atoms with E-state index in [2.05, 4.69) is 0 Å². The summed E-state index contributed by atoms with van der Waals surface area (Å²) in [6, 6.07) is 0. The molecule has 0 aromatic heterocycles. The van der Waals surface area contributed by atoms with Crippen molar-refractivity contribution in [3.63, 3.8) is 0 Å². The Hall–Kier alpha value is -0.120. The quantitative estimate of drug-likeness (QED) is 0.650. The molecule has 0 amide bonds. The first-order valence-corrected chi connectivity index (χ1v) is 4.09. The van der Waals surface area contributed by atoms with Crippen LogP contribution in [0.1, 0.15) is 12.8 Å². The normalized spacial score (nSPS) is 23.5. The summed E-state index contributed by atoms with van der Waals surface area (Å²) in [7, 11) is 1.61. The Morgan fingerprint density at radius 2 is 2.18 bits per heavy atom. The molecule has 1 saturated heterocycles. The molecule has 0 radical (unpaired) electrons. The largest absolute Gasteiger partial charge is 0.390 e. The summed E-state index contributed by atoms with van der Waals surface area (Å²) in [6.07, 6.45) is 1.62. The van der Waals surface area contributed by atoms with Crippen LogP contribution in [0.5, 0.6) is 0 Å². The number of hydrogen-bond donors (Lipinski definition) is 1. The molecule has 11 heavy (non-hydrogen) atoms. The van der Waals surface area contributed by atoms with Gasteiger partial charge in [-0.2, -0.15) is 0 Å². The Morgan fingerprint density at radius 3 is 2.73 bits per heavy atom. The molecule has 1 atom stereocenters. The second kappa shape index (κ2) is 4.70. The molecule has 1 fully saturated rings. The highest BCUT2D eigenvalue weighted by atomic mass is 16.5. The molecule has 1 unspecified atom stereocenters. The fourth-order valence-electron chi connectivity index (χ4n) is 1.41. The maximum Gasteiger partial charge on any atom is 0.0803 e. The van der Waals surface area contributed by atoms with Crippen LogP contribution in [0.2, 0.25) is 0 Å². The second-order valence-electron chi connectivity index (χ2n) is 2.97. The van der Waals surface area contributed by atoms with Crippen LogP contribution in [0.4, 0.5) is 0 Å². The van der Waals surface area contributed by atoms with Crippen molar-refractivity contribution in [3.8, 4) is 0 Å². The fourth-order valence-corrected chi connectivity index (χ4v) is 1.41. The molecule has 0 aromatic carbocycles. The van der Waals surface area contributed by atoms with Crippen molar-refractivity contribution in [2.45, 2.75) is 18.9 Å². The highest BCUT2D eigenvalue weighted by Crippen LogP contribution is 2.18. The van der Waals surface area contributed by atoms with Gasteiger partial charge in [0.05, 0.1) is 12.7 Å². The van der Waals surface area contributed by atoms with Gasteiger partial charge in [-0.1, -0.05) is 0 Å². The molecule has 1 aliphatic rings. The molecule has 0 saturated carbocycles. The van der Waals surface area contributed by atoms with Crippen LogP contribution in [0.15, 0.2) is 0 Å². The molecule has 1 rings (SSSR count). The van der Waals surface area contributed by atoms with E-state index in [9.17, 15) is 5.11 Å². The molecule has 0 aromatic rings. The van der Waals surface area contributed by atoms with Crippen LogP contribution in [0, 0.1) is 5.92 Å². The maximum atomic E-state index is 9.49. The minimum atomic E-state index is -0.302. The van der Waals surface area contributed by atoms with Crippen molar-refractivity contribution < 1.29 is 14.6 Å². The standard InChI is InChI=1S/C8H16O3/c1-10-6-8(9)7-2-4-11-5-3-7/h7-9H,2-6H2,1H3. The summed E-state index contributed by atoms with van der Waals surface area (Å²) < 4.78 is 10.0. The zero-order valence-electron chi connectivity index (χ0n) is 6.95. The highest BCUT2D eigenvalue weighted by molar-refractivity contribution is 4.70. The first-order chi connectivity index (χ1) is 5.34. The van der Waals surface area contributed by atoms with E-state index in [0.717, 1.165) is 26.1 Å². The SMILES string of the molecule is COCC(O)C1CCOCC1. The third-order valence-electron chi connectivity index (χ3n) is 2.15. The number of aliphatic hydroxyl groups excluding tert-OH is 1. The zero-order valence-corrected chi connectivity index (χ0v) is 6.95. The van der Waals surface area contributed by atoms with Crippen LogP contribution in [-0.4, -0.2) is 38.1 Å². The summed E-state index contributed by atoms with van der Waals surface area (Å²) in [5.41, 5.74) is 0. The van der Waals surface area contributed by atoms with Crippen molar-refractivity contribution in [2.24, 2.45) is 5.92 Å². The zero-order chi connectivity index (χ0) is 8.10. The van der Waals surface area contributed by atoms with E-state index in [1.807, 2.05) is 0 Å². The van der Waals surface area contributed by atoms with Gasteiger partial charge in [-0.15, -0.1) is 0 Å².